The van der Waals surface area contributed by atoms with Crippen LogP contribution in [0.3, 0.4) is 0 Å². The van der Waals surface area contributed by atoms with Crippen molar-refractivity contribution >= 4 is 27.6 Å². The molecule has 5 nitrogen and oxygen atoms in total. The van der Waals surface area contributed by atoms with Crippen molar-refractivity contribution in [2.45, 2.75) is 30.8 Å². The van der Waals surface area contributed by atoms with Gasteiger partial charge in [0.2, 0.25) is 0 Å². The van der Waals surface area contributed by atoms with E-state index in [-0.39, 0.29) is 11.8 Å². The van der Waals surface area contributed by atoms with Crippen molar-refractivity contribution < 1.29 is 8.42 Å². The van der Waals surface area contributed by atoms with Gasteiger partial charge in [-0.2, -0.15) is 0 Å². The number of rotatable bonds is 7. The lowest BCUT2D eigenvalue weighted by Gasteiger charge is -2.17. The summed E-state index contributed by atoms with van der Waals surface area (Å²) in [6, 6.07) is 8.39. The Bertz CT molecular complexity index is 583. The second kappa shape index (κ2) is 9.05. The Hall–Kier alpha value is -1.21. The van der Waals surface area contributed by atoms with Crippen LogP contribution in [0.25, 0.3) is 0 Å². The summed E-state index contributed by atoms with van der Waals surface area (Å²) < 4.78 is 22.4. The van der Waals surface area contributed by atoms with Crippen molar-refractivity contribution in [3.63, 3.8) is 0 Å². The fourth-order valence-corrected chi connectivity index (χ4v) is 3.01. The molecule has 0 spiro atoms. The molecule has 1 atom stereocenters. The largest absolute Gasteiger partial charge is 0.354 e. The number of thioether (sulfide) groups is 1. The van der Waals surface area contributed by atoms with E-state index in [1.807, 2.05) is 6.92 Å². The van der Waals surface area contributed by atoms with Gasteiger partial charge in [0.1, 0.15) is 9.84 Å². The lowest BCUT2D eigenvalue weighted by atomic mass is 10.2. The number of hydrogen-bond acceptors (Lipinski definition) is 4. The first-order chi connectivity index (χ1) is 10.3. The standard InChI is InChI=1S/C15H25N3O2S2/c1-12(9-10-22(4,19)20)18-15(16-2)17-11-13-5-7-14(21-3)8-6-13/h5-8,12H,9-11H2,1-4H3,(H2,16,17,18). The van der Waals surface area contributed by atoms with Crippen LogP contribution in [0.4, 0.5) is 0 Å². The molecule has 1 rings (SSSR count). The van der Waals surface area contributed by atoms with Gasteiger partial charge in [0.15, 0.2) is 5.96 Å². The average molecular weight is 344 g/mol. The molecule has 7 heteroatoms. The molecule has 0 aliphatic rings. The van der Waals surface area contributed by atoms with Gasteiger partial charge in [-0.15, -0.1) is 11.8 Å². The predicted octanol–water partition coefficient (Wildman–Crippen LogP) is 1.90. The van der Waals surface area contributed by atoms with Gasteiger partial charge in [0.05, 0.1) is 5.75 Å². The zero-order chi connectivity index (χ0) is 16.6. The Morgan fingerprint density at radius 3 is 2.45 bits per heavy atom. The summed E-state index contributed by atoms with van der Waals surface area (Å²) in [6.45, 7) is 2.62. The fourth-order valence-electron chi connectivity index (χ4n) is 1.82. The number of aliphatic imine (C=N–C) groups is 1. The first kappa shape index (κ1) is 18.8. The van der Waals surface area contributed by atoms with E-state index >= 15 is 0 Å². The molecule has 0 heterocycles. The van der Waals surface area contributed by atoms with Crippen molar-refractivity contribution in [3.8, 4) is 0 Å². The number of nitrogens with zero attached hydrogens (tertiary/aromatic N) is 1. The summed E-state index contributed by atoms with van der Waals surface area (Å²) >= 11 is 1.72. The molecule has 0 radical (unpaired) electrons. The molecular formula is C15H25N3O2S2. The molecule has 0 aromatic heterocycles. The molecule has 0 amide bonds. The number of sulfone groups is 1. The lowest BCUT2D eigenvalue weighted by molar-refractivity contribution is 0.581. The van der Waals surface area contributed by atoms with Gasteiger partial charge in [0.25, 0.3) is 0 Å². The molecule has 124 valence electrons. The van der Waals surface area contributed by atoms with E-state index in [4.69, 9.17) is 0 Å². The Kier molecular flexibility index (Phi) is 7.75. The first-order valence-electron chi connectivity index (χ1n) is 7.12. The third-order valence-electron chi connectivity index (χ3n) is 3.15. The van der Waals surface area contributed by atoms with Crippen molar-refractivity contribution in [3.05, 3.63) is 29.8 Å². The van der Waals surface area contributed by atoms with Crippen LogP contribution in [0.15, 0.2) is 34.2 Å². The van der Waals surface area contributed by atoms with Gasteiger partial charge >= 0.3 is 0 Å². The van der Waals surface area contributed by atoms with E-state index in [0.29, 0.717) is 18.9 Å². The molecule has 0 fully saturated rings. The zero-order valence-electron chi connectivity index (χ0n) is 13.6. The number of guanidine groups is 1. The van der Waals surface area contributed by atoms with Crippen molar-refractivity contribution in [2.75, 3.05) is 25.3 Å². The molecule has 1 unspecified atom stereocenters. The van der Waals surface area contributed by atoms with Gasteiger partial charge in [0, 0.05) is 30.8 Å². The predicted molar refractivity (Wildman–Crippen MR) is 95.3 cm³/mol. The van der Waals surface area contributed by atoms with Crippen molar-refractivity contribution in [2.24, 2.45) is 4.99 Å². The minimum atomic E-state index is -2.93. The van der Waals surface area contributed by atoms with Gasteiger partial charge < -0.3 is 10.6 Å². The quantitative estimate of drug-likeness (QED) is 0.449. The molecule has 1 aromatic rings. The number of benzene rings is 1. The second-order valence-electron chi connectivity index (χ2n) is 5.24. The van der Waals surface area contributed by atoms with E-state index < -0.39 is 9.84 Å². The van der Waals surface area contributed by atoms with Crippen molar-refractivity contribution in [1.82, 2.24) is 10.6 Å². The van der Waals surface area contributed by atoms with E-state index in [1.54, 1.807) is 18.8 Å². The molecular weight excluding hydrogens is 318 g/mol. The van der Waals surface area contributed by atoms with Crippen LogP contribution in [-0.2, 0) is 16.4 Å². The van der Waals surface area contributed by atoms with Crippen LogP contribution in [-0.4, -0.2) is 45.7 Å². The van der Waals surface area contributed by atoms with Gasteiger partial charge in [-0.3, -0.25) is 4.99 Å². The molecule has 0 saturated heterocycles. The maximum atomic E-state index is 11.2. The Labute approximate surface area is 137 Å². The first-order valence-corrected chi connectivity index (χ1v) is 10.4. The summed E-state index contributed by atoms with van der Waals surface area (Å²) in [5.41, 5.74) is 1.17. The molecule has 0 saturated carbocycles. The summed E-state index contributed by atoms with van der Waals surface area (Å²) in [6.07, 6.45) is 3.86. The Morgan fingerprint density at radius 1 is 1.32 bits per heavy atom. The maximum Gasteiger partial charge on any atom is 0.191 e. The zero-order valence-corrected chi connectivity index (χ0v) is 15.2. The average Bonchev–Trinajstić information content (AvgIpc) is 2.49. The third kappa shape index (κ3) is 7.70. The van der Waals surface area contributed by atoms with Crippen molar-refractivity contribution in [1.29, 1.82) is 0 Å². The molecule has 2 N–H and O–H groups in total. The highest BCUT2D eigenvalue weighted by atomic mass is 32.2. The van der Waals surface area contributed by atoms with Gasteiger partial charge in [-0.25, -0.2) is 8.42 Å². The van der Waals surface area contributed by atoms with Crippen LogP contribution in [0, 0.1) is 0 Å². The van der Waals surface area contributed by atoms with Gasteiger partial charge in [-0.1, -0.05) is 12.1 Å². The maximum absolute atomic E-state index is 11.2. The van der Waals surface area contributed by atoms with Crippen LogP contribution < -0.4 is 10.6 Å². The van der Waals surface area contributed by atoms with Crippen LogP contribution in [0.1, 0.15) is 18.9 Å². The van der Waals surface area contributed by atoms with E-state index in [1.165, 1.54) is 16.7 Å². The summed E-state index contributed by atoms with van der Waals surface area (Å²) in [5, 5.41) is 6.44. The van der Waals surface area contributed by atoms with E-state index in [9.17, 15) is 8.42 Å². The van der Waals surface area contributed by atoms with Crippen LogP contribution >= 0.6 is 11.8 Å². The van der Waals surface area contributed by atoms with Crippen LogP contribution in [0.5, 0.6) is 0 Å². The second-order valence-corrected chi connectivity index (χ2v) is 8.38. The number of nitrogens with one attached hydrogen (secondary N) is 2. The highest BCUT2D eigenvalue weighted by Gasteiger charge is 2.09. The normalized spacial score (nSPS) is 13.7. The smallest absolute Gasteiger partial charge is 0.191 e. The number of hydrogen-bond donors (Lipinski definition) is 2. The molecule has 1 aromatic carbocycles. The SMILES string of the molecule is CN=C(NCc1ccc(SC)cc1)NC(C)CCS(C)(=O)=O. The topological polar surface area (TPSA) is 70.6 Å². The molecule has 0 bridgehead atoms. The van der Waals surface area contributed by atoms with Crippen LogP contribution in [0.2, 0.25) is 0 Å². The third-order valence-corrected chi connectivity index (χ3v) is 4.87. The fraction of sp³-hybridized carbons (Fsp3) is 0.533. The van der Waals surface area contributed by atoms with E-state index in [2.05, 4.69) is 46.1 Å². The minimum Gasteiger partial charge on any atom is -0.354 e. The molecule has 0 aliphatic carbocycles. The molecule has 0 aliphatic heterocycles. The highest BCUT2D eigenvalue weighted by Crippen LogP contribution is 2.14. The molecule has 22 heavy (non-hydrogen) atoms. The van der Waals surface area contributed by atoms with Gasteiger partial charge in [-0.05, 0) is 37.3 Å². The monoisotopic (exact) mass is 343 g/mol. The summed E-state index contributed by atoms with van der Waals surface area (Å²) in [5.74, 6) is 0.851. The van der Waals surface area contributed by atoms with E-state index in [0.717, 1.165) is 0 Å². The minimum absolute atomic E-state index is 0.0415. The summed E-state index contributed by atoms with van der Waals surface area (Å²) in [7, 11) is -1.22. The summed E-state index contributed by atoms with van der Waals surface area (Å²) in [4.78, 5) is 5.40. The Balaban J connectivity index is 2.44. The Morgan fingerprint density at radius 2 is 1.95 bits per heavy atom. The lowest BCUT2D eigenvalue weighted by Crippen LogP contribution is -2.42. The highest BCUT2D eigenvalue weighted by molar-refractivity contribution is 7.98.